The van der Waals surface area contributed by atoms with Gasteiger partial charge in [0.25, 0.3) is 0 Å². The van der Waals surface area contributed by atoms with E-state index in [4.69, 9.17) is 11.6 Å². The predicted octanol–water partition coefficient (Wildman–Crippen LogP) is 3.66. The van der Waals surface area contributed by atoms with Crippen LogP contribution in [0, 0.1) is 0 Å². The summed E-state index contributed by atoms with van der Waals surface area (Å²) in [6, 6.07) is 9.24. The second kappa shape index (κ2) is 7.97. The van der Waals surface area contributed by atoms with E-state index in [-0.39, 0.29) is 11.8 Å². The number of benzene rings is 1. The van der Waals surface area contributed by atoms with Crippen LogP contribution in [-0.4, -0.2) is 33.0 Å². The molecule has 1 saturated heterocycles. The Kier molecular flexibility index (Phi) is 5.94. The second-order valence-electron chi connectivity index (χ2n) is 6.01. The molecule has 0 spiro atoms. The molecule has 1 atom stereocenters. The van der Waals surface area contributed by atoms with E-state index in [0.29, 0.717) is 17.1 Å². The third-order valence-electron chi connectivity index (χ3n) is 4.31. The van der Waals surface area contributed by atoms with Crippen LogP contribution in [-0.2, 0) is 15.8 Å². The first-order valence-electron chi connectivity index (χ1n) is 8.02. The maximum absolute atomic E-state index is 12.5. The number of sulfonamides is 1. The molecule has 2 heterocycles. The highest BCUT2D eigenvalue weighted by Gasteiger charge is 2.25. The van der Waals surface area contributed by atoms with E-state index >= 15 is 0 Å². The van der Waals surface area contributed by atoms with Crippen molar-refractivity contribution in [3.05, 3.63) is 57.2 Å². The van der Waals surface area contributed by atoms with Crippen molar-refractivity contribution in [2.24, 2.45) is 0 Å². The molecule has 7 heteroatoms. The van der Waals surface area contributed by atoms with Crippen molar-refractivity contribution < 1.29 is 8.42 Å². The van der Waals surface area contributed by atoms with Crippen molar-refractivity contribution in [1.82, 2.24) is 9.62 Å². The van der Waals surface area contributed by atoms with Crippen LogP contribution in [0.25, 0.3) is 0 Å². The van der Waals surface area contributed by atoms with E-state index in [1.165, 1.54) is 18.4 Å². The van der Waals surface area contributed by atoms with Crippen molar-refractivity contribution in [2.75, 3.05) is 19.6 Å². The fourth-order valence-electron chi connectivity index (χ4n) is 3.05. The molecular weight excluding hydrogens is 364 g/mol. The third-order valence-corrected chi connectivity index (χ3v) is 6.68. The molecule has 0 aliphatic carbocycles. The quantitative estimate of drug-likeness (QED) is 0.792. The van der Waals surface area contributed by atoms with E-state index in [1.54, 1.807) is 35.6 Å². The van der Waals surface area contributed by atoms with E-state index in [2.05, 4.69) is 21.1 Å². The lowest BCUT2D eigenvalue weighted by Gasteiger charge is -2.27. The molecule has 130 valence electrons. The summed E-state index contributed by atoms with van der Waals surface area (Å²) < 4.78 is 27.7. The number of likely N-dealkylation sites (tertiary alicyclic amines) is 1. The highest BCUT2D eigenvalue weighted by atomic mass is 35.5. The van der Waals surface area contributed by atoms with E-state index < -0.39 is 10.0 Å². The summed E-state index contributed by atoms with van der Waals surface area (Å²) in [7, 11) is -3.43. The van der Waals surface area contributed by atoms with Crippen molar-refractivity contribution in [2.45, 2.75) is 24.6 Å². The van der Waals surface area contributed by atoms with Crippen molar-refractivity contribution in [3.63, 3.8) is 0 Å². The van der Waals surface area contributed by atoms with Crippen LogP contribution in [0.2, 0.25) is 5.02 Å². The van der Waals surface area contributed by atoms with E-state index in [1.807, 2.05) is 5.38 Å². The molecule has 0 saturated carbocycles. The number of nitrogens with one attached hydrogen (secondary N) is 1. The molecule has 1 fully saturated rings. The smallest absolute Gasteiger partial charge is 0.215 e. The van der Waals surface area contributed by atoms with Gasteiger partial charge in [0.05, 0.1) is 5.75 Å². The van der Waals surface area contributed by atoms with Crippen molar-refractivity contribution in [1.29, 1.82) is 0 Å². The molecule has 2 aromatic rings. The lowest BCUT2D eigenvalue weighted by molar-refractivity contribution is 0.247. The lowest BCUT2D eigenvalue weighted by Crippen LogP contribution is -2.37. The van der Waals surface area contributed by atoms with Crippen molar-refractivity contribution in [3.8, 4) is 0 Å². The number of hydrogen-bond acceptors (Lipinski definition) is 4. The van der Waals surface area contributed by atoms with Gasteiger partial charge in [-0.25, -0.2) is 13.1 Å². The van der Waals surface area contributed by atoms with Crippen LogP contribution in [0.15, 0.2) is 41.1 Å². The minimum atomic E-state index is -3.43. The van der Waals surface area contributed by atoms with Gasteiger partial charge in [-0.3, -0.25) is 4.90 Å². The molecule has 1 aromatic heterocycles. The maximum Gasteiger partial charge on any atom is 0.215 e. The summed E-state index contributed by atoms with van der Waals surface area (Å²) >= 11 is 7.72. The van der Waals surface area contributed by atoms with Gasteiger partial charge in [0, 0.05) is 17.6 Å². The Bertz CT molecular complexity index is 757. The molecule has 3 rings (SSSR count). The minimum absolute atomic E-state index is 0.0942. The first-order valence-corrected chi connectivity index (χ1v) is 11.0. The standard InChI is InChI=1S/C17H21ClN2O2S2/c18-16-6-2-1-5-15(16)13-24(21,22)19-11-17(14-7-10-23-12-14)20-8-3-4-9-20/h1-2,5-7,10,12,17,19H,3-4,8-9,11,13H2. The van der Waals surface area contributed by atoms with Crippen LogP contribution < -0.4 is 4.72 Å². The van der Waals surface area contributed by atoms with Crippen molar-refractivity contribution >= 4 is 33.0 Å². The summed E-state index contributed by atoms with van der Waals surface area (Å²) in [6.45, 7) is 2.43. The average molecular weight is 385 g/mol. The Hall–Kier alpha value is -0.920. The van der Waals surface area contributed by atoms with Gasteiger partial charge in [-0.2, -0.15) is 11.3 Å². The summed E-state index contributed by atoms with van der Waals surface area (Å²) in [5.74, 6) is -0.0942. The first-order chi connectivity index (χ1) is 11.6. The van der Waals surface area contributed by atoms with Crippen LogP contribution in [0.1, 0.15) is 30.0 Å². The number of rotatable bonds is 7. The van der Waals surface area contributed by atoms with Crippen LogP contribution in [0.3, 0.4) is 0 Å². The second-order valence-corrected chi connectivity index (χ2v) is 9.01. The fraction of sp³-hybridized carbons (Fsp3) is 0.412. The Balaban J connectivity index is 1.68. The molecule has 1 aromatic carbocycles. The zero-order chi connectivity index (χ0) is 17.0. The Morgan fingerprint density at radius 1 is 1.21 bits per heavy atom. The van der Waals surface area contributed by atoms with Gasteiger partial charge in [0.15, 0.2) is 0 Å². The van der Waals surface area contributed by atoms with Crippen LogP contribution >= 0.6 is 22.9 Å². The minimum Gasteiger partial charge on any atom is -0.295 e. The molecule has 0 amide bonds. The van der Waals surface area contributed by atoms with E-state index in [9.17, 15) is 8.42 Å². The van der Waals surface area contributed by atoms with E-state index in [0.717, 1.165) is 13.1 Å². The average Bonchev–Trinajstić information content (AvgIpc) is 3.23. The molecular formula is C17H21ClN2O2S2. The Morgan fingerprint density at radius 3 is 2.62 bits per heavy atom. The largest absolute Gasteiger partial charge is 0.295 e. The molecule has 1 aliphatic heterocycles. The molecule has 0 bridgehead atoms. The monoisotopic (exact) mass is 384 g/mol. The topological polar surface area (TPSA) is 49.4 Å². The maximum atomic E-state index is 12.5. The number of thiophene rings is 1. The Morgan fingerprint density at radius 2 is 1.96 bits per heavy atom. The summed E-state index contributed by atoms with van der Waals surface area (Å²) in [5.41, 5.74) is 1.81. The van der Waals surface area contributed by atoms with Gasteiger partial charge in [0.2, 0.25) is 10.0 Å². The summed E-state index contributed by atoms with van der Waals surface area (Å²) in [6.07, 6.45) is 2.35. The fourth-order valence-corrected chi connectivity index (χ4v) is 5.22. The Labute approximate surface area is 152 Å². The van der Waals surface area contributed by atoms with Gasteiger partial charge in [-0.1, -0.05) is 29.8 Å². The van der Waals surface area contributed by atoms with Gasteiger partial charge in [0.1, 0.15) is 0 Å². The molecule has 1 aliphatic rings. The number of halogens is 1. The zero-order valence-electron chi connectivity index (χ0n) is 13.3. The molecule has 24 heavy (non-hydrogen) atoms. The summed E-state index contributed by atoms with van der Waals surface area (Å²) in [4.78, 5) is 2.36. The predicted molar refractivity (Wildman–Crippen MR) is 99.9 cm³/mol. The molecule has 1 N–H and O–H groups in total. The number of hydrogen-bond donors (Lipinski definition) is 1. The molecule has 4 nitrogen and oxygen atoms in total. The molecule has 1 unspecified atom stereocenters. The highest BCUT2D eigenvalue weighted by molar-refractivity contribution is 7.88. The normalized spacial score (nSPS) is 17.2. The van der Waals surface area contributed by atoms with Gasteiger partial charge in [-0.05, 0) is 60.0 Å². The lowest BCUT2D eigenvalue weighted by atomic mass is 10.1. The van der Waals surface area contributed by atoms with Gasteiger partial charge < -0.3 is 0 Å². The zero-order valence-corrected chi connectivity index (χ0v) is 15.7. The van der Waals surface area contributed by atoms with Crippen LogP contribution in [0.5, 0.6) is 0 Å². The van der Waals surface area contributed by atoms with Gasteiger partial charge >= 0.3 is 0 Å². The summed E-state index contributed by atoms with van der Waals surface area (Å²) in [5, 5.41) is 4.62. The SMILES string of the molecule is O=S(=O)(Cc1ccccc1Cl)NCC(c1ccsc1)N1CCCC1. The van der Waals surface area contributed by atoms with Crippen LogP contribution in [0.4, 0.5) is 0 Å². The third kappa shape index (κ3) is 4.58. The number of nitrogens with zero attached hydrogens (tertiary/aromatic N) is 1. The van der Waals surface area contributed by atoms with Gasteiger partial charge in [-0.15, -0.1) is 0 Å². The molecule has 0 radical (unpaired) electrons. The first kappa shape index (κ1) is 17.9. The highest BCUT2D eigenvalue weighted by Crippen LogP contribution is 2.26.